The summed E-state index contributed by atoms with van der Waals surface area (Å²) in [4.78, 5) is 100. The summed E-state index contributed by atoms with van der Waals surface area (Å²) < 4.78 is 0. The summed E-state index contributed by atoms with van der Waals surface area (Å²) in [6.07, 6.45) is 1.71. The molecule has 57 heavy (non-hydrogen) atoms. The number of carbonyl (C=O) groups excluding carboxylic acids is 7. The molecule has 0 aliphatic heterocycles. The van der Waals surface area contributed by atoms with Crippen LogP contribution in [0.25, 0.3) is 0 Å². The molecule has 7 amide bonds. The Hall–Kier alpha value is -3.44. The Morgan fingerprint density at radius 1 is 0.702 bits per heavy atom. The minimum Gasteiger partial charge on any atom is -0.390 e. The number of hydrogen-bond donors (Lipinski definition) is 5. The molecule has 17 heteroatoms. The topological polar surface area (TPSA) is 201 Å². The fourth-order valence-corrected chi connectivity index (χ4v) is 7.29. The first-order valence-electron chi connectivity index (χ1n) is 20.4. The molecule has 0 spiro atoms. The zero-order valence-corrected chi connectivity index (χ0v) is 38.3. The van der Waals surface area contributed by atoms with Gasteiger partial charge >= 0.3 is 0 Å². The number of thioether (sulfide) groups is 1. The lowest BCUT2D eigenvalue weighted by Crippen LogP contribution is -2.61. The molecule has 0 aromatic heterocycles. The lowest BCUT2D eigenvalue weighted by Gasteiger charge is -2.38. The van der Waals surface area contributed by atoms with E-state index in [2.05, 4.69) is 40.0 Å². The van der Waals surface area contributed by atoms with Gasteiger partial charge in [0.2, 0.25) is 35.4 Å². The first-order chi connectivity index (χ1) is 26.4. The van der Waals surface area contributed by atoms with Crippen molar-refractivity contribution in [3.05, 3.63) is 0 Å². The van der Waals surface area contributed by atoms with Crippen molar-refractivity contribution in [2.45, 2.75) is 149 Å². The minimum absolute atomic E-state index is 0.0401. The second-order valence-electron chi connectivity index (χ2n) is 16.2. The highest BCUT2D eigenvalue weighted by molar-refractivity contribution is 8.00. The number of rotatable bonds is 26. The molecule has 0 radical (unpaired) electrons. The minimum atomic E-state index is -1.40. The molecule has 0 saturated carbocycles. The average molecular weight is 829 g/mol. The highest BCUT2D eigenvalue weighted by Gasteiger charge is 2.40. The standard InChI is InChI=1S/C40H76N8O8S/c1-16-20-31(49)47(15)39(57-22-19-21-48(17-2)18-3)38(55)46(14)30(24-40(10,11)56)36(53)44-32(26(6)7)37(54)45(13)29(23-25(4)5)35(52)43-28(9)34(51)42-27(8)33(50)41-12/h25-30,32,39,56H,16-24H2,1-15H3,(H,41,50)(H,42,51)(H,43,52)(H,44,53)/t27-,28-,29+,30+,32+,39-/m1/s1. The van der Waals surface area contributed by atoms with Gasteiger partial charge in [0.15, 0.2) is 5.37 Å². The molecule has 0 fully saturated rings. The predicted molar refractivity (Wildman–Crippen MR) is 226 cm³/mol. The van der Waals surface area contributed by atoms with Gasteiger partial charge in [-0.05, 0) is 84.2 Å². The largest absolute Gasteiger partial charge is 0.390 e. The molecule has 5 N–H and O–H groups in total. The molecular weight excluding hydrogens is 753 g/mol. The van der Waals surface area contributed by atoms with Crippen molar-refractivity contribution in [2.75, 3.05) is 53.6 Å². The van der Waals surface area contributed by atoms with Gasteiger partial charge in [-0.3, -0.25) is 33.6 Å². The molecular formula is C40H76N8O8S. The number of hydrogen-bond acceptors (Lipinski definition) is 10. The van der Waals surface area contributed by atoms with Gasteiger partial charge in [-0.1, -0.05) is 48.5 Å². The van der Waals surface area contributed by atoms with Crippen LogP contribution >= 0.6 is 11.8 Å². The van der Waals surface area contributed by atoms with Gasteiger partial charge < -0.3 is 46.0 Å². The predicted octanol–water partition coefficient (Wildman–Crippen LogP) is 1.79. The Balaban J connectivity index is 6.51. The molecule has 0 aliphatic rings. The summed E-state index contributed by atoms with van der Waals surface area (Å²) in [5.74, 6) is -3.41. The van der Waals surface area contributed by atoms with Crippen LogP contribution in [0.15, 0.2) is 0 Å². The van der Waals surface area contributed by atoms with Crippen LogP contribution in [0.4, 0.5) is 0 Å². The molecule has 0 unspecified atom stereocenters. The van der Waals surface area contributed by atoms with Crippen LogP contribution in [0.5, 0.6) is 0 Å². The Morgan fingerprint density at radius 2 is 1.21 bits per heavy atom. The number of carbonyl (C=O) groups is 7. The van der Waals surface area contributed by atoms with Crippen molar-refractivity contribution in [1.82, 2.24) is 40.9 Å². The number of amides is 7. The molecule has 16 nitrogen and oxygen atoms in total. The first kappa shape index (κ1) is 53.6. The number of nitrogens with zero attached hydrogens (tertiary/aromatic N) is 4. The van der Waals surface area contributed by atoms with Gasteiger partial charge in [0, 0.05) is 41.0 Å². The van der Waals surface area contributed by atoms with Crippen LogP contribution in [0.3, 0.4) is 0 Å². The highest BCUT2D eigenvalue weighted by Crippen LogP contribution is 2.24. The SMILES string of the molecule is CCCC(=O)N(C)[C@H](SCCCN(CC)CC)C(=O)N(C)[C@@H](CC(C)(C)O)C(=O)N[C@H](C(=O)N(C)[C@@H](CC(C)C)C(=O)N[C@H](C)C(=O)N[C@H](C)C(=O)NC)C(C)C. The Morgan fingerprint density at radius 3 is 1.68 bits per heavy atom. The maximum atomic E-state index is 14.3. The second-order valence-corrected chi connectivity index (χ2v) is 17.4. The van der Waals surface area contributed by atoms with Crippen LogP contribution in [0.2, 0.25) is 0 Å². The first-order valence-corrected chi connectivity index (χ1v) is 21.4. The van der Waals surface area contributed by atoms with Crippen molar-refractivity contribution >= 4 is 53.1 Å². The molecule has 0 heterocycles. The van der Waals surface area contributed by atoms with E-state index in [1.807, 2.05) is 20.8 Å². The maximum Gasteiger partial charge on any atom is 0.256 e. The second kappa shape index (κ2) is 25.8. The third-order valence-electron chi connectivity index (χ3n) is 9.81. The van der Waals surface area contributed by atoms with E-state index in [0.717, 1.165) is 26.1 Å². The zero-order chi connectivity index (χ0) is 44.4. The third-order valence-corrected chi connectivity index (χ3v) is 11.2. The van der Waals surface area contributed by atoms with E-state index in [-0.39, 0.29) is 31.1 Å². The number of aliphatic hydroxyl groups is 1. The van der Waals surface area contributed by atoms with Crippen LogP contribution in [0.1, 0.15) is 108 Å². The summed E-state index contributed by atoms with van der Waals surface area (Å²) in [5.41, 5.74) is -1.40. The lowest BCUT2D eigenvalue weighted by molar-refractivity contribution is -0.148. The molecule has 0 saturated heterocycles. The van der Waals surface area contributed by atoms with Gasteiger partial charge in [-0.2, -0.15) is 0 Å². The fraction of sp³-hybridized carbons (Fsp3) is 0.825. The van der Waals surface area contributed by atoms with Crippen molar-refractivity contribution < 1.29 is 38.7 Å². The Bertz CT molecular complexity index is 1320. The monoisotopic (exact) mass is 829 g/mol. The molecule has 0 aliphatic carbocycles. The zero-order valence-electron chi connectivity index (χ0n) is 37.5. The van der Waals surface area contributed by atoms with Gasteiger partial charge in [-0.25, -0.2) is 0 Å². The van der Waals surface area contributed by atoms with E-state index in [1.54, 1.807) is 20.9 Å². The smallest absolute Gasteiger partial charge is 0.256 e. The fourth-order valence-electron chi connectivity index (χ4n) is 6.12. The van der Waals surface area contributed by atoms with E-state index in [4.69, 9.17) is 0 Å². The maximum absolute atomic E-state index is 14.3. The molecule has 0 aromatic carbocycles. The summed E-state index contributed by atoms with van der Waals surface area (Å²) in [6, 6.07) is -5.24. The molecule has 0 bridgehead atoms. The average Bonchev–Trinajstić information content (AvgIpc) is 3.13. The van der Waals surface area contributed by atoms with Crippen LogP contribution in [-0.2, 0) is 33.6 Å². The number of nitrogens with one attached hydrogen (secondary N) is 4. The summed E-state index contributed by atoms with van der Waals surface area (Å²) in [6.45, 7) is 22.0. The molecule has 6 atom stereocenters. The molecule has 330 valence electrons. The lowest BCUT2D eigenvalue weighted by atomic mass is 9.95. The third kappa shape index (κ3) is 18.4. The van der Waals surface area contributed by atoms with Gasteiger partial charge in [0.1, 0.15) is 30.2 Å². The van der Waals surface area contributed by atoms with E-state index in [0.29, 0.717) is 12.2 Å². The Kier molecular flexibility index (Phi) is 24.3. The van der Waals surface area contributed by atoms with Gasteiger partial charge in [0.25, 0.3) is 5.91 Å². The normalized spacial score (nSPS) is 14.9. The van der Waals surface area contributed by atoms with E-state index < -0.39 is 82.5 Å². The summed E-state index contributed by atoms with van der Waals surface area (Å²) in [5, 5.41) is 20.5. The molecule has 0 rings (SSSR count). The van der Waals surface area contributed by atoms with Gasteiger partial charge in [0.05, 0.1) is 5.60 Å². The van der Waals surface area contributed by atoms with Crippen LogP contribution in [0, 0.1) is 11.8 Å². The van der Waals surface area contributed by atoms with Crippen LogP contribution in [-0.4, -0.2) is 161 Å². The Labute approximate surface area is 346 Å². The number of likely N-dealkylation sites (N-methyl/N-ethyl adjacent to an activating group) is 4. The summed E-state index contributed by atoms with van der Waals surface area (Å²) in [7, 11) is 5.96. The quantitative estimate of drug-likeness (QED) is 0.0633. The molecule has 0 aromatic rings. The van der Waals surface area contributed by atoms with E-state index in [9.17, 15) is 38.7 Å². The van der Waals surface area contributed by atoms with Crippen molar-refractivity contribution in [3.8, 4) is 0 Å². The van der Waals surface area contributed by atoms with Gasteiger partial charge in [-0.15, -0.1) is 11.8 Å². The van der Waals surface area contributed by atoms with Crippen molar-refractivity contribution in [2.24, 2.45) is 11.8 Å². The van der Waals surface area contributed by atoms with Crippen molar-refractivity contribution in [1.29, 1.82) is 0 Å². The van der Waals surface area contributed by atoms with Crippen molar-refractivity contribution in [3.63, 3.8) is 0 Å². The van der Waals surface area contributed by atoms with E-state index >= 15 is 0 Å². The summed E-state index contributed by atoms with van der Waals surface area (Å²) >= 11 is 1.33. The highest BCUT2D eigenvalue weighted by atomic mass is 32.2. The van der Waals surface area contributed by atoms with E-state index in [1.165, 1.54) is 75.3 Å². The van der Waals surface area contributed by atoms with Crippen LogP contribution < -0.4 is 21.3 Å².